The van der Waals surface area contributed by atoms with Gasteiger partial charge in [0.2, 0.25) is 0 Å². The molecule has 4 heterocycles. The molecule has 1 saturated carbocycles. The van der Waals surface area contributed by atoms with E-state index < -0.39 is 0 Å². The second-order valence-electron chi connectivity index (χ2n) is 11.2. The molecule has 2 aliphatic heterocycles. The van der Waals surface area contributed by atoms with Crippen LogP contribution in [0.2, 0.25) is 0 Å². The lowest BCUT2D eigenvalue weighted by molar-refractivity contribution is -0.0578. The number of carbonyl (C=O) groups excluding carboxylic acids is 1. The molecule has 0 spiro atoms. The predicted molar refractivity (Wildman–Crippen MR) is 150 cm³/mol. The maximum atomic E-state index is 13.8. The number of carbonyl (C=O) groups is 1. The Hall–Kier alpha value is -2.16. The van der Waals surface area contributed by atoms with E-state index in [9.17, 15) is 9.59 Å². The molecule has 0 unspecified atom stereocenters. The molecule has 2 aromatic rings. The van der Waals surface area contributed by atoms with Gasteiger partial charge in [-0.2, -0.15) is 0 Å². The highest BCUT2D eigenvalue weighted by Gasteiger charge is 2.37. The molecule has 1 N–H and O–H groups in total. The SMILES string of the molecule is CCN(c1sc2c(c1C)C(=O)N(Cc1c(C)cc(C)[nH]c1=O)CCC2)C1CCC(N2CC(OC)C2)CC1. The number of H-pyrrole nitrogens is 1. The first-order valence-corrected chi connectivity index (χ1v) is 14.8. The number of amides is 1. The van der Waals surface area contributed by atoms with Crippen LogP contribution in [0.1, 0.15) is 76.6 Å². The van der Waals surface area contributed by atoms with Crippen molar-refractivity contribution in [1.82, 2.24) is 14.8 Å². The van der Waals surface area contributed by atoms with Crippen molar-refractivity contribution in [3.63, 3.8) is 0 Å². The van der Waals surface area contributed by atoms with E-state index >= 15 is 0 Å². The number of pyridine rings is 1. The number of ether oxygens (including phenoxy) is 1. The third-order valence-corrected chi connectivity index (χ3v) is 10.2. The summed E-state index contributed by atoms with van der Waals surface area (Å²) in [5.41, 5.74) is 4.43. The predicted octanol–water partition coefficient (Wildman–Crippen LogP) is 4.42. The highest BCUT2D eigenvalue weighted by atomic mass is 32.1. The minimum atomic E-state index is -0.0822. The lowest BCUT2D eigenvalue weighted by atomic mass is 9.87. The average Bonchev–Trinajstić information content (AvgIpc) is 3.07. The Labute approximate surface area is 224 Å². The summed E-state index contributed by atoms with van der Waals surface area (Å²) < 4.78 is 5.47. The van der Waals surface area contributed by atoms with E-state index in [1.165, 1.54) is 35.6 Å². The van der Waals surface area contributed by atoms with Crippen molar-refractivity contribution < 1.29 is 9.53 Å². The lowest BCUT2D eigenvalue weighted by Crippen LogP contribution is -2.57. The van der Waals surface area contributed by atoms with Crippen molar-refractivity contribution >= 4 is 22.2 Å². The number of hydrogen-bond acceptors (Lipinski definition) is 6. The Morgan fingerprint density at radius 1 is 1.14 bits per heavy atom. The monoisotopic (exact) mass is 526 g/mol. The fourth-order valence-corrected chi connectivity index (χ4v) is 8.09. The van der Waals surface area contributed by atoms with Crippen LogP contribution in [0.4, 0.5) is 5.00 Å². The van der Waals surface area contributed by atoms with Gasteiger partial charge in [0.15, 0.2) is 0 Å². The number of nitrogens with zero attached hydrogens (tertiary/aromatic N) is 3. The molecule has 0 bridgehead atoms. The molecule has 2 aromatic heterocycles. The zero-order chi connectivity index (χ0) is 26.3. The van der Waals surface area contributed by atoms with Crippen LogP contribution in [0.5, 0.6) is 0 Å². The third kappa shape index (κ3) is 5.12. The molecule has 3 aliphatic rings. The highest BCUT2D eigenvalue weighted by molar-refractivity contribution is 7.16. The van der Waals surface area contributed by atoms with Gasteiger partial charge >= 0.3 is 0 Å². The number of nitrogens with one attached hydrogen (secondary N) is 1. The molecule has 0 atom stereocenters. The molecule has 7 nitrogen and oxygen atoms in total. The second kappa shape index (κ2) is 10.9. The molecule has 5 rings (SSSR count). The van der Waals surface area contributed by atoms with Crippen LogP contribution >= 0.6 is 11.3 Å². The summed E-state index contributed by atoms with van der Waals surface area (Å²) in [6.45, 7) is 12.4. The van der Waals surface area contributed by atoms with Gasteiger partial charge in [0.25, 0.3) is 11.5 Å². The Morgan fingerprint density at radius 3 is 2.51 bits per heavy atom. The van der Waals surface area contributed by atoms with Gasteiger partial charge in [-0.1, -0.05) is 0 Å². The van der Waals surface area contributed by atoms with E-state index in [1.807, 2.05) is 43.3 Å². The summed E-state index contributed by atoms with van der Waals surface area (Å²) in [5.74, 6) is 0.0807. The molecule has 1 saturated heterocycles. The van der Waals surface area contributed by atoms with Gasteiger partial charge in [-0.25, -0.2) is 0 Å². The van der Waals surface area contributed by atoms with Gasteiger partial charge in [0.05, 0.1) is 23.2 Å². The molecule has 1 amide bonds. The number of aromatic amines is 1. The van der Waals surface area contributed by atoms with E-state index in [1.54, 1.807) is 0 Å². The zero-order valence-electron chi connectivity index (χ0n) is 23.1. The summed E-state index contributed by atoms with van der Waals surface area (Å²) in [5, 5.41) is 1.28. The molecular formula is C29H42N4O3S. The van der Waals surface area contributed by atoms with Crippen LogP contribution in [-0.2, 0) is 17.7 Å². The third-order valence-electron chi connectivity index (χ3n) is 8.80. The summed E-state index contributed by atoms with van der Waals surface area (Å²) in [7, 11) is 1.82. The van der Waals surface area contributed by atoms with Gasteiger partial charge in [-0.3, -0.25) is 14.5 Å². The van der Waals surface area contributed by atoms with Crippen molar-refractivity contribution in [3.05, 3.63) is 49.2 Å². The second-order valence-corrected chi connectivity index (χ2v) is 12.2. The van der Waals surface area contributed by atoms with Gasteiger partial charge in [-0.15, -0.1) is 11.3 Å². The van der Waals surface area contributed by atoms with E-state index in [2.05, 4.69) is 28.6 Å². The number of anilines is 1. The number of thiophene rings is 1. The number of hydrogen-bond donors (Lipinski definition) is 1. The maximum Gasteiger partial charge on any atom is 0.255 e. The molecule has 8 heteroatoms. The first-order valence-electron chi connectivity index (χ1n) is 13.9. The average molecular weight is 527 g/mol. The summed E-state index contributed by atoms with van der Waals surface area (Å²) in [4.78, 5) is 37.7. The van der Waals surface area contributed by atoms with E-state index in [-0.39, 0.29) is 11.5 Å². The minimum Gasteiger partial charge on any atom is -0.379 e. The van der Waals surface area contributed by atoms with E-state index in [0.717, 1.165) is 54.9 Å². The minimum absolute atomic E-state index is 0.0807. The largest absolute Gasteiger partial charge is 0.379 e. The van der Waals surface area contributed by atoms with Crippen molar-refractivity contribution in [2.45, 2.75) is 91.0 Å². The van der Waals surface area contributed by atoms with Crippen LogP contribution in [0.15, 0.2) is 10.9 Å². The van der Waals surface area contributed by atoms with Crippen LogP contribution in [0.3, 0.4) is 0 Å². The van der Waals surface area contributed by atoms with Crippen molar-refractivity contribution in [2.75, 3.05) is 38.2 Å². The molecule has 2 fully saturated rings. The summed E-state index contributed by atoms with van der Waals surface area (Å²) >= 11 is 1.83. The lowest BCUT2D eigenvalue weighted by Gasteiger charge is -2.47. The Bertz CT molecular complexity index is 1190. The van der Waals surface area contributed by atoms with Gasteiger partial charge in [0.1, 0.15) is 0 Å². The maximum absolute atomic E-state index is 13.8. The molecule has 0 radical (unpaired) electrons. The van der Waals surface area contributed by atoms with Gasteiger partial charge in [0, 0.05) is 61.5 Å². The van der Waals surface area contributed by atoms with Crippen molar-refractivity contribution in [2.24, 2.45) is 0 Å². The molecule has 37 heavy (non-hydrogen) atoms. The Morgan fingerprint density at radius 2 is 1.86 bits per heavy atom. The topological polar surface area (TPSA) is 68.9 Å². The summed E-state index contributed by atoms with van der Waals surface area (Å²) in [6, 6.07) is 3.21. The van der Waals surface area contributed by atoms with Crippen LogP contribution in [0.25, 0.3) is 0 Å². The highest BCUT2D eigenvalue weighted by Crippen LogP contribution is 2.41. The molecular weight excluding hydrogens is 484 g/mol. The number of rotatable bonds is 7. The number of aryl methyl sites for hydroxylation is 3. The van der Waals surface area contributed by atoms with Crippen LogP contribution in [-0.4, -0.2) is 72.2 Å². The van der Waals surface area contributed by atoms with Crippen LogP contribution < -0.4 is 10.5 Å². The van der Waals surface area contributed by atoms with Crippen molar-refractivity contribution in [1.29, 1.82) is 0 Å². The molecule has 0 aromatic carbocycles. The quantitative estimate of drug-likeness (QED) is 0.579. The molecule has 202 valence electrons. The van der Waals surface area contributed by atoms with E-state index in [0.29, 0.717) is 36.8 Å². The van der Waals surface area contributed by atoms with Gasteiger partial charge in [-0.05, 0) is 83.4 Å². The van der Waals surface area contributed by atoms with Crippen LogP contribution in [0, 0.1) is 20.8 Å². The zero-order valence-corrected chi connectivity index (χ0v) is 23.9. The smallest absolute Gasteiger partial charge is 0.255 e. The Kier molecular flexibility index (Phi) is 7.80. The molecule has 1 aliphatic carbocycles. The number of methoxy groups -OCH3 is 1. The number of likely N-dealkylation sites (tertiary alicyclic amines) is 1. The first kappa shape index (κ1) is 26.4. The van der Waals surface area contributed by atoms with Crippen molar-refractivity contribution in [3.8, 4) is 0 Å². The normalized spacial score (nSPS) is 23.1. The fraction of sp³-hybridized carbons (Fsp3) is 0.655. The number of aromatic nitrogens is 1. The summed E-state index contributed by atoms with van der Waals surface area (Å²) in [6.07, 6.45) is 7.13. The van der Waals surface area contributed by atoms with Gasteiger partial charge < -0.3 is 19.5 Å². The number of fused-ring (bicyclic) bond motifs is 1. The first-order chi connectivity index (χ1) is 17.8. The fourth-order valence-electron chi connectivity index (χ4n) is 6.62. The van der Waals surface area contributed by atoms with E-state index in [4.69, 9.17) is 4.74 Å². The standard InChI is InChI=1S/C29H42N4O3S/c1-6-33(22-11-9-21(10-12-22)32-15-23(16-32)36-5)29-20(4)26-25(37-29)8-7-13-31(28(26)35)17-24-18(2)14-19(3)30-27(24)34/h14,21-23H,6-13,15-17H2,1-5H3,(H,30,34). The Balaban J connectivity index is 1.32.